The molecule has 3 unspecified atom stereocenters. The number of esters is 2. The minimum atomic E-state index is -4.76. The number of unbranched alkanes of at least 4 members (excludes halogenated alkanes) is 2. The van der Waals surface area contributed by atoms with Gasteiger partial charge in [0.2, 0.25) is 0 Å². The molecule has 13 heteroatoms. The second-order valence-electron chi connectivity index (χ2n) is 8.85. The van der Waals surface area contributed by atoms with Crippen molar-refractivity contribution in [2.45, 2.75) is 117 Å². The van der Waals surface area contributed by atoms with Crippen LogP contribution >= 0.6 is 0 Å². The van der Waals surface area contributed by atoms with Crippen LogP contribution in [0, 0.1) is 11.8 Å². The van der Waals surface area contributed by atoms with Gasteiger partial charge in [0.15, 0.2) is 5.25 Å². The molecule has 0 rings (SSSR count). The van der Waals surface area contributed by atoms with Gasteiger partial charge in [-0.2, -0.15) is 8.42 Å². The summed E-state index contributed by atoms with van der Waals surface area (Å²) in [7, 11) is -4.76. The van der Waals surface area contributed by atoms with E-state index in [1.807, 2.05) is 13.8 Å². The molecule has 0 amide bonds. The Labute approximate surface area is 258 Å². The molecule has 0 aromatic heterocycles. The zero-order valence-electron chi connectivity index (χ0n) is 25.9. The quantitative estimate of drug-likeness (QED) is 0.120. The molecule has 39 heavy (non-hydrogen) atoms. The van der Waals surface area contributed by atoms with E-state index in [1.165, 1.54) is 0 Å². The number of carboxylic acids is 2. The second kappa shape index (κ2) is 28.3. The number of hydrogen-bond donors (Lipinski definition) is 3. The van der Waals surface area contributed by atoms with Gasteiger partial charge in [-0.3, -0.25) is 23.7 Å². The van der Waals surface area contributed by atoms with Crippen LogP contribution in [0.2, 0.25) is 0 Å². The average molecular weight is 595 g/mol. The zero-order valence-corrected chi connectivity index (χ0v) is 27.8. The van der Waals surface area contributed by atoms with Gasteiger partial charge >= 0.3 is 53.4 Å². The summed E-state index contributed by atoms with van der Waals surface area (Å²) in [4.78, 5) is 43.0. The van der Waals surface area contributed by atoms with Crippen molar-refractivity contribution in [3.8, 4) is 0 Å². The van der Waals surface area contributed by atoms with Gasteiger partial charge in [-0.15, -0.1) is 0 Å². The molecule has 0 bridgehead atoms. The number of hydrogen-bond acceptors (Lipinski definition) is 8. The van der Waals surface area contributed by atoms with Gasteiger partial charge in [-0.05, 0) is 24.7 Å². The molecule has 0 aromatic carbocycles. The number of carboxylic acid groups (broad SMARTS) is 2. The van der Waals surface area contributed by atoms with Crippen molar-refractivity contribution in [2.24, 2.45) is 11.8 Å². The van der Waals surface area contributed by atoms with Crippen LogP contribution < -0.4 is 29.6 Å². The van der Waals surface area contributed by atoms with Crippen molar-refractivity contribution in [2.75, 3.05) is 13.2 Å². The van der Waals surface area contributed by atoms with E-state index < -0.39 is 45.7 Å². The maximum absolute atomic E-state index is 12.2. The molecule has 0 aliphatic heterocycles. The van der Waals surface area contributed by atoms with Crippen LogP contribution in [0.25, 0.3) is 0 Å². The molecule has 228 valence electrons. The Bertz CT molecular complexity index is 750. The van der Waals surface area contributed by atoms with Crippen molar-refractivity contribution in [1.82, 2.24) is 0 Å². The van der Waals surface area contributed by atoms with E-state index in [1.54, 1.807) is 13.8 Å². The fourth-order valence-corrected chi connectivity index (χ4v) is 3.48. The van der Waals surface area contributed by atoms with E-state index in [4.69, 9.17) is 19.7 Å². The number of carbonyl (C=O) groups excluding carboxylic acids is 2. The average Bonchev–Trinajstić information content (AvgIpc) is 2.87. The first-order valence-electron chi connectivity index (χ1n) is 13.5. The fraction of sp³-hybridized carbons (Fsp3) is 0.846. The van der Waals surface area contributed by atoms with Crippen LogP contribution in [-0.4, -0.2) is 65.5 Å². The summed E-state index contributed by atoms with van der Waals surface area (Å²) in [6, 6.07) is 0. The van der Waals surface area contributed by atoms with E-state index in [-0.39, 0.29) is 68.9 Å². The molecule has 0 radical (unpaired) electrons. The standard InChI is InChI=1S/C20H38O7S.2C3H6O2.Na.H/c1-5-9-11-16(7-3)14-26-19(21)13-18(28(23,24)25)20(22)27-15-17(8-4)12-10-6-2;2*1-2-3(4)5;;/h16-18H,5-15H2,1-4H3,(H,23,24,25);2*2H2,1H3,(H,4,5);;/q;;;+1;-1. The normalized spacial score (nSPS) is 12.6. The van der Waals surface area contributed by atoms with Crippen molar-refractivity contribution in [3.63, 3.8) is 0 Å². The molecule has 0 heterocycles. The molecule has 3 atom stereocenters. The summed E-state index contributed by atoms with van der Waals surface area (Å²) in [5.41, 5.74) is 0. The topological polar surface area (TPSA) is 182 Å². The van der Waals surface area contributed by atoms with Gasteiger partial charge in [-0.1, -0.05) is 80.1 Å². The van der Waals surface area contributed by atoms with Crippen LogP contribution in [0.4, 0.5) is 0 Å². The Kier molecular flexibility index (Phi) is 32.5. The van der Waals surface area contributed by atoms with E-state index in [0.29, 0.717) is 0 Å². The number of rotatable bonds is 18. The molecule has 0 aromatic rings. The molecule has 0 aliphatic rings. The smallest absolute Gasteiger partial charge is 1.00 e. The van der Waals surface area contributed by atoms with Crippen molar-refractivity contribution >= 4 is 34.0 Å². The first kappa shape index (κ1) is 44.8. The van der Waals surface area contributed by atoms with Crippen molar-refractivity contribution < 1.29 is 82.8 Å². The Hall–Kier alpha value is -1.21. The Balaban J connectivity index is -0.000000289. The van der Waals surface area contributed by atoms with E-state index in [0.717, 1.165) is 51.4 Å². The van der Waals surface area contributed by atoms with Gasteiger partial charge in [0, 0.05) is 12.8 Å². The summed E-state index contributed by atoms with van der Waals surface area (Å²) in [6.07, 6.45) is 7.19. The molecule has 0 saturated heterocycles. The minimum absolute atomic E-state index is 0. The summed E-state index contributed by atoms with van der Waals surface area (Å²) in [5, 5.41) is 13.5. The van der Waals surface area contributed by atoms with Crippen LogP contribution in [-0.2, 0) is 38.8 Å². The monoisotopic (exact) mass is 594 g/mol. The Morgan fingerprint density at radius 3 is 1.38 bits per heavy atom. The first-order chi connectivity index (χ1) is 17.7. The third-order valence-corrected chi connectivity index (χ3v) is 6.69. The SMILES string of the molecule is CCC(=O)O.CCC(=O)O.CCCCC(CC)COC(=O)CC(C(=O)OCC(CC)CCCC)S(=O)(=O)O.[H-].[Na+]. The van der Waals surface area contributed by atoms with Gasteiger partial charge < -0.3 is 21.1 Å². The number of carbonyl (C=O) groups is 4. The molecular formula is C26H51NaO11S. The molecule has 0 saturated carbocycles. The third-order valence-electron chi connectivity index (χ3n) is 5.61. The summed E-state index contributed by atoms with van der Waals surface area (Å²) >= 11 is 0. The van der Waals surface area contributed by atoms with Crippen LogP contribution in [0.3, 0.4) is 0 Å². The molecule has 0 aliphatic carbocycles. The van der Waals surface area contributed by atoms with Crippen LogP contribution in [0.1, 0.15) is 114 Å². The van der Waals surface area contributed by atoms with Gasteiger partial charge in [-0.25, -0.2) is 0 Å². The molecule has 3 N–H and O–H groups in total. The summed E-state index contributed by atoms with van der Waals surface area (Å²) < 4.78 is 42.8. The van der Waals surface area contributed by atoms with Gasteiger partial charge in [0.05, 0.1) is 19.6 Å². The van der Waals surface area contributed by atoms with Crippen molar-refractivity contribution in [1.29, 1.82) is 0 Å². The molecular weight excluding hydrogens is 543 g/mol. The molecule has 11 nitrogen and oxygen atoms in total. The molecule has 0 fully saturated rings. The largest absolute Gasteiger partial charge is 1.00 e. The predicted octanol–water partition coefficient (Wildman–Crippen LogP) is 2.23. The van der Waals surface area contributed by atoms with Crippen molar-refractivity contribution in [3.05, 3.63) is 0 Å². The predicted molar refractivity (Wildman–Crippen MR) is 145 cm³/mol. The summed E-state index contributed by atoms with van der Waals surface area (Å²) in [6.45, 7) is 11.5. The fourth-order valence-electron chi connectivity index (χ4n) is 2.82. The maximum Gasteiger partial charge on any atom is 1.00 e. The minimum Gasteiger partial charge on any atom is -1.00 e. The van der Waals surface area contributed by atoms with Crippen LogP contribution in [0.5, 0.6) is 0 Å². The van der Waals surface area contributed by atoms with Crippen LogP contribution in [0.15, 0.2) is 0 Å². The molecule has 0 spiro atoms. The van der Waals surface area contributed by atoms with E-state index >= 15 is 0 Å². The third kappa shape index (κ3) is 29.6. The first-order valence-corrected chi connectivity index (χ1v) is 15.0. The zero-order chi connectivity index (χ0) is 30.1. The van der Waals surface area contributed by atoms with E-state index in [2.05, 4.69) is 13.8 Å². The van der Waals surface area contributed by atoms with E-state index in [9.17, 15) is 32.1 Å². The number of ether oxygens (including phenoxy) is 2. The maximum atomic E-state index is 12.2. The van der Waals surface area contributed by atoms with Gasteiger partial charge in [0.25, 0.3) is 10.1 Å². The Morgan fingerprint density at radius 2 is 1.10 bits per heavy atom. The second-order valence-corrected chi connectivity index (χ2v) is 10.4. The Morgan fingerprint density at radius 1 is 0.744 bits per heavy atom. The summed E-state index contributed by atoms with van der Waals surface area (Å²) in [5.74, 6) is -3.10. The number of aliphatic carboxylic acids is 2. The van der Waals surface area contributed by atoms with Gasteiger partial charge in [0.1, 0.15) is 0 Å².